The molecule has 7 aliphatic rings. The van der Waals surface area contributed by atoms with Crippen LogP contribution in [0.1, 0.15) is 90.4 Å². The monoisotopic (exact) mass is 590 g/mol. The Labute approximate surface area is 248 Å². The van der Waals surface area contributed by atoms with Crippen LogP contribution in [0.4, 0.5) is 4.39 Å². The summed E-state index contributed by atoms with van der Waals surface area (Å²) in [7, 11) is 0. The van der Waals surface area contributed by atoms with Gasteiger partial charge in [0, 0.05) is 17.5 Å². The Kier molecular flexibility index (Phi) is 9.45. The molecule has 7 rings (SSSR count). The molecule has 1 heterocycles. The fraction of sp³-hybridized carbons (Fsp3) is 0.871. The van der Waals surface area contributed by atoms with Crippen LogP contribution in [0.25, 0.3) is 0 Å². The van der Waals surface area contributed by atoms with Crippen molar-refractivity contribution < 1.29 is 33.0 Å². The van der Waals surface area contributed by atoms with Crippen LogP contribution in [-0.4, -0.2) is 92.1 Å². The third-order valence-electron chi connectivity index (χ3n) is 11.2. The number of esters is 2. The van der Waals surface area contributed by atoms with E-state index in [1.807, 2.05) is 6.07 Å². The number of nitrogens with one attached hydrogen (secondary N) is 2. The molecule has 6 aliphatic carbocycles. The van der Waals surface area contributed by atoms with Crippen molar-refractivity contribution in [3.05, 3.63) is 0 Å². The number of likely N-dealkylation sites (tertiary alicyclic amines) is 1. The topological polar surface area (TPSA) is 130 Å². The smallest absolute Gasteiger partial charge is 0.312 e. The number of carbonyl (C=O) groups excluding carboxylic acids is 3. The van der Waals surface area contributed by atoms with Crippen LogP contribution in [0.3, 0.4) is 0 Å². The van der Waals surface area contributed by atoms with E-state index in [0.29, 0.717) is 19.3 Å². The van der Waals surface area contributed by atoms with Gasteiger partial charge < -0.3 is 29.7 Å². The Morgan fingerprint density at radius 3 is 1.74 bits per heavy atom. The molecule has 10 nitrogen and oxygen atoms in total. The van der Waals surface area contributed by atoms with Gasteiger partial charge in [-0.25, -0.2) is 4.39 Å². The molecule has 2 N–H and O–H groups in total. The second-order valence-corrected chi connectivity index (χ2v) is 13.4. The number of nitriles is 1. The standard InChI is InChI=1S/C31H47FN4O6/c1-2-34-30-9-3-28(4-10-30,5-11-30)26(38)41-17-15-40-16-18-42-27(39)29-6-12-31(13-7-29,14-8-29)35-21-25(37)36-22-23(32)19-24(36)20-33/h23-24,34-35H,2-19,21-22H2,1H3. The Morgan fingerprint density at radius 2 is 1.29 bits per heavy atom. The summed E-state index contributed by atoms with van der Waals surface area (Å²) in [5, 5.41) is 16.2. The lowest BCUT2D eigenvalue weighted by molar-refractivity contribution is -0.167. The molecule has 7 fully saturated rings. The summed E-state index contributed by atoms with van der Waals surface area (Å²) in [4.78, 5) is 39.8. The molecule has 1 amide bonds. The maximum atomic E-state index is 13.7. The molecular formula is C31H47FN4O6. The van der Waals surface area contributed by atoms with E-state index in [4.69, 9.17) is 14.2 Å². The van der Waals surface area contributed by atoms with Crippen LogP contribution in [0.5, 0.6) is 0 Å². The summed E-state index contributed by atoms with van der Waals surface area (Å²) >= 11 is 0. The van der Waals surface area contributed by atoms with Crippen molar-refractivity contribution in [1.82, 2.24) is 15.5 Å². The van der Waals surface area contributed by atoms with Crippen LogP contribution < -0.4 is 10.6 Å². The van der Waals surface area contributed by atoms with Gasteiger partial charge in [-0.2, -0.15) is 5.26 Å². The second-order valence-electron chi connectivity index (χ2n) is 13.4. The van der Waals surface area contributed by atoms with Crippen LogP contribution in [0, 0.1) is 22.2 Å². The number of hydrogen-bond donors (Lipinski definition) is 2. The highest BCUT2D eigenvalue weighted by molar-refractivity contribution is 5.80. The van der Waals surface area contributed by atoms with E-state index in [1.54, 1.807) is 0 Å². The minimum absolute atomic E-state index is 0.0198. The number of ether oxygens (including phenoxy) is 3. The van der Waals surface area contributed by atoms with Gasteiger partial charge in [0.1, 0.15) is 25.4 Å². The van der Waals surface area contributed by atoms with Crippen molar-refractivity contribution in [2.45, 2.75) is 114 Å². The fourth-order valence-corrected chi connectivity index (χ4v) is 8.23. The molecule has 11 heteroatoms. The lowest BCUT2D eigenvalue weighted by Crippen LogP contribution is -2.59. The first-order valence-electron chi connectivity index (χ1n) is 15.9. The van der Waals surface area contributed by atoms with E-state index in [1.165, 1.54) is 4.90 Å². The number of halogens is 1. The van der Waals surface area contributed by atoms with E-state index in [0.717, 1.165) is 64.3 Å². The van der Waals surface area contributed by atoms with Crippen LogP contribution in [-0.2, 0) is 28.6 Å². The number of amides is 1. The van der Waals surface area contributed by atoms with Gasteiger partial charge in [0.25, 0.3) is 0 Å². The molecule has 42 heavy (non-hydrogen) atoms. The molecule has 2 atom stereocenters. The van der Waals surface area contributed by atoms with E-state index in [9.17, 15) is 24.0 Å². The highest BCUT2D eigenvalue weighted by atomic mass is 19.1. The molecule has 0 aromatic rings. The van der Waals surface area contributed by atoms with Gasteiger partial charge >= 0.3 is 11.9 Å². The quantitative estimate of drug-likeness (QED) is 0.246. The van der Waals surface area contributed by atoms with Crippen molar-refractivity contribution in [2.75, 3.05) is 46.1 Å². The fourth-order valence-electron chi connectivity index (χ4n) is 8.23. The van der Waals surface area contributed by atoms with Gasteiger partial charge in [0.05, 0.1) is 43.2 Å². The first-order chi connectivity index (χ1) is 20.2. The maximum Gasteiger partial charge on any atom is 0.312 e. The first kappa shape index (κ1) is 31.1. The molecule has 2 unspecified atom stereocenters. The number of hydrogen-bond acceptors (Lipinski definition) is 9. The summed E-state index contributed by atoms with van der Waals surface area (Å²) in [6.45, 7) is 4.05. The number of alkyl halides is 1. The van der Waals surface area contributed by atoms with Crippen molar-refractivity contribution in [3.63, 3.8) is 0 Å². The molecule has 0 aromatic carbocycles. The zero-order valence-electron chi connectivity index (χ0n) is 25.0. The number of carbonyl (C=O) groups is 3. The zero-order valence-corrected chi connectivity index (χ0v) is 25.0. The van der Waals surface area contributed by atoms with Gasteiger partial charge in [-0.05, 0) is 83.6 Å². The number of rotatable bonds is 13. The van der Waals surface area contributed by atoms with Crippen LogP contribution in [0.15, 0.2) is 0 Å². The summed E-state index contributed by atoms with van der Waals surface area (Å²) < 4.78 is 30.5. The molecule has 234 valence electrons. The largest absolute Gasteiger partial charge is 0.463 e. The van der Waals surface area contributed by atoms with Crippen LogP contribution >= 0.6 is 0 Å². The minimum atomic E-state index is -1.15. The molecule has 0 spiro atoms. The third kappa shape index (κ3) is 6.31. The lowest BCUT2D eigenvalue weighted by Gasteiger charge is -2.52. The van der Waals surface area contributed by atoms with E-state index >= 15 is 0 Å². The lowest BCUT2D eigenvalue weighted by atomic mass is 9.57. The van der Waals surface area contributed by atoms with Gasteiger partial charge in [-0.1, -0.05) is 6.92 Å². The maximum absolute atomic E-state index is 13.7. The SMILES string of the molecule is CCNC12CCC(C(=O)OCCOCCOC(=O)C34CCC(NCC(=O)N5CC(F)CC5C#N)(CC3)CC4)(CC1)CC2. The van der Waals surface area contributed by atoms with Crippen molar-refractivity contribution >= 4 is 17.8 Å². The van der Waals surface area contributed by atoms with Gasteiger partial charge in [-0.3, -0.25) is 14.4 Å². The van der Waals surface area contributed by atoms with E-state index in [-0.39, 0.29) is 80.3 Å². The summed E-state index contributed by atoms with van der Waals surface area (Å²) in [6, 6.07) is 1.33. The Hall–Kier alpha value is -2.29. The van der Waals surface area contributed by atoms with Crippen molar-refractivity contribution in [1.29, 1.82) is 5.26 Å². The minimum Gasteiger partial charge on any atom is -0.463 e. The zero-order chi connectivity index (χ0) is 29.8. The van der Waals surface area contributed by atoms with Gasteiger partial charge in [-0.15, -0.1) is 0 Å². The van der Waals surface area contributed by atoms with Crippen molar-refractivity contribution in [2.24, 2.45) is 10.8 Å². The first-order valence-corrected chi connectivity index (χ1v) is 15.9. The molecular weight excluding hydrogens is 543 g/mol. The average molecular weight is 591 g/mol. The van der Waals surface area contributed by atoms with Gasteiger partial charge in [0.15, 0.2) is 0 Å². The molecule has 0 radical (unpaired) electrons. The third-order valence-corrected chi connectivity index (χ3v) is 11.2. The molecule has 0 aromatic heterocycles. The Balaban J connectivity index is 0.948. The summed E-state index contributed by atoms with van der Waals surface area (Å²) in [5.41, 5.74) is -0.817. The second kappa shape index (κ2) is 12.7. The number of fused-ring (bicyclic) bond motifs is 6. The molecule has 6 saturated carbocycles. The molecule has 4 bridgehead atoms. The summed E-state index contributed by atoms with van der Waals surface area (Å²) in [6.07, 6.45) is 9.05. The molecule has 1 aliphatic heterocycles. The van der Waals surface area contributed by atoms with Gasteiger partial charge in [0.2, 0.25) is 5.91 Å². The predicted octanol–water partition coefficient (Wildman–Crippen LogP) is 2.94. The summed E-state index contributed by atoms with van der Waals surface area (Å²) in [5.74, 6) is -0.528. The van der Waals surface area contributed by atoms with Crippen molar-refractivity contribution in [3.8, 4) is 6.07 Å². The Morgan fingerprint density at radius 1 is 0.810 bits per heavy atom. The highest BCUT2D eigenvalue weighted by Crippen LogP contribution is 2.54. The van der Waals surface area contributed by atoms with E-state index in [2.05, 4.69) is 17.6 Å². The predicted molar refractivity (Wildman–Crippen MR) is 151 cm³/mol. The Bertz CT molecular complexity index is 1010. The average Bonchev–Trinajstić information content (AvgIpc) is 3.41. The molecule has 1 saturated heterocycles. The highest BCUT2D eigenvalue weighted by Gasteiger charge is 2.54. The number of nitrogens with zero attached hydrogens (tertiary/aromatic N) is 2. The normalized spacial score (nSPS) is 36.9. The van der Waals surface area contributed by atoms with E-state index < -0.39 is 17.6 Å². The van der Waals surface area contributed by atoms with Crippen LogP contribution in [0.2, 0.25) is 0 Å².